The number of anilines is 1. The minimum Gasteiger partial charge on any atom is -0.320 e. The molecule has 0 spiro atoms. The number of nitriles is 1. The van der Waals surface area contributed by atoms with Gasteiger partial charge in [0.2, 0.25) is 0 Å². The Kier molecular flexibility index (Phi) is 6.20. The highest BCUT2D eigenvalue weighted by Crippen LogP contribution is 2.25. The summed E-state index contributed by atoms with van der Waals surface area (Å²) in [5.41, 5.74) is 2.11. The van der Waals surface area contributed by atoms with Crippen LogP contribution in [0.15, 0.2) is 65.8 Å². The van der Waals surface area contributed by atoms with Gasteiger partial charge in [0.1, 0.15) is 11.6 Å². The van der Waals surface area contributed by atoms with Crippen LogP contribution in [-0.4, -0.2) is 5.91 Å². The maximum atomic E-state index is 12.3. The molecule has 0 fully saturated rings. The first kappa shape index (κ1) is 17.8. The molecule has 2 aromatic carbocycles. The second-order valence-electron chi connectivity index (χ2n) is 5.05. The van der Waals surface area contributed by atoms with Gasteiger partial charge in [0, 0.05) is 5.02 Å². The summed E-state index contributed by atoms with van der Waals surface area (Å²) < 4.78 is 0. The van der Waals surface area contributed by atoms with Gasteiger partial charge in [-0.3, -0.25) is 4.79 Å². The van der Waals surface area contributed by atoms with Crippen molar-refractivity contribution in [3.05, 3.63) is 81.4 Å². The molecular formula is C19H14Cl2N2O. The second-order valence-corrected chi connectivity index (χ2v) is 5.89. The van der Waals surface area contributed by atoms with Gasteiger partial charge in [-0.1, -0.05) is 59.6 Å². The molecule has 0 atom stereocenters. The normalized spacial score (nSPS) is 11.8. The molecule has 120 valence electrons. The van der Waals surface area contributed by atoms with Crippen LogP contribution >= 0.6 is 23.2 Å². The highest BCUT2D eigenvalue weighted by atomic mass is 35.5. The Morgan fingerprint density at radius 2 is 1.88 bits per heavy atom. The van der Waals surface area contributed by atoms with Gasteiger partial charge in [0.15, 0.2) is 0 Å². The molecule has 2 aromatic rings. The Morgan fingerprint density at radius 3 is 2.54 bits per heavy atom. The SMILES string of the molecule is CC(=C\c1ccccc1)/C=C(\C#N)C(=O)Nc1cc(Cl)ccc1Cl. The van der Waals surface area contributed by atoms with Crippen molar-refractivity contribution >= 4 is 40.9 Å². The van der Waals surface area contributed by atoms with Crippen molar-refractivity contribution in [3.63, 3.8) is 0 Å². The quantitative estimate of drug-likeness (QED) is 0.447. The fraction of sp³-hybridized carbons (Fsp3) is 0.0526. The van der Waals surface area contributed by atoms with Gasteiger partial charge in [-0.25, -0.2) is 0 Å². The number of rotatable bonds is 4. The fourth-order valence-electron chi connectivity index (χ4n) is 2.01. The first-order valence-electron chi connectivity index (χ1n) is 7.11. The van der Waals surface area contributed by atoms with Crippen LogP contribution in [0.2, 0.25) is 10.0 Å². The largest absolute Gasteiger partial charge is 0.320 e. The summed E-state index contributed by atoms with van der Waals surface area (Å²) in [6.07, 6.45) is 3.41. The lowest BCUT2D eigenvalue weighted by Crippen LogP contribution is -2.14. The molecule has 2 rings (SSSR count). The van der Waals surface area contributed by atoms with Crippen molar-refractivity contribution in [1.29, 1.82) is 5.26 Å². The van der Waals surface area contributed by atoms with Gasteiger partial charge in [0.25, 0.3) is 5.91 Å². The number of nitrogens with zero attached hydrogens (tertiary/aromatic N) is 1. The smallest absolute Gasteiger partial charge is 0.266 e. The number of benzene rings is 2. The molecule has 0 bridgehead atoms. The van der Waals surface area contributed by atoms with E-state index < -0.39 is 5.91 Å². The summed E-state index contributed by atoms with van der Waals surface area (Å²) in [6, 6.07) is 16.3. The summed E-state index contributed by atoms with van der Waals surface area (Å²) >= 11 is 11.9. The van der Waals surface area contributed by atoms with Crippen molar-refractivity contribution in [1.82, 2.24) is 0 Å². The summed E-state index contributed by atoms with van der Waals surface area (Å²) in [5, 5.41) is 12.6. The third-order valence-electron chi connectivity index (χ3n) is 3.11. The molecule has 0 saturated heterocycles. The zero-order valence-corrected chi connectivity index (χ0v) is 14.4. The topological polar surface area (TPSA) is 52.9 Å². The molecule has 0 unspecified atom stereocenters. The molecule has 0 aromatic heterocycles. The monoisotopic (exact) mass is 356 g/mol. The summed E-state index contributed by atoms with van der Waals surface area (Å²) in [7, 11) is 0. The maximum Gasteiger partial charge on any atom is 0.266 e. The number of carbonyl (C=O) groups excluding carboxylic acids is 1. The van der Waals surface area contributed by atoms with E-state index in [-0.39, 0.29) is 5.57 Å². The molecule has 0 saturated carbocycles. The number of allylic oxidation sites excluding steroid dienone is 2. The predicted octanol–water partition coefficient (Wildman–Crippen LogP) is 5.49. The summed E-state index contributed by atoms with van der Waals surface area (Å²) in [6.45, 7) is 1.82. The second kappa shape index (κ2) is 8.35. The number of carbonyl (C=O) groups is 1. The molecule has 0 aliphatic rings. The van der Waals surface area contributed by atoms with E-state index >= 15 is 0 Å². The minimum atomic E-state index is -0.539. The number of nitrogens with one attached hydrogen (secondary N) is 1. The molecule has 0 heterocycles. The van der Waals surface area contributed by atoms with E-state index in [1.807, 2.05) is 49.4 Å². The molecule has 1 N–H and O–H groups in total. The molecular weight excluding hydrogens is 343 g/mol. The van der Waals surface area contributed by atoms with Crippen molar-refractivity contribution in [2.45, 2.75) is 6.92 Å². The minimum absolute atomic E-state index is 0.0178. The van der Waals surface area contributed by atoms with Crippen LogP contribution in [0.5, 0.6) is 0 Å². The van der Waals surface area contributed by atoms with Crippen molar-refractivity contribution in [2.24, 2.45) is 0 Å². The lowest BCUT2D eigenvalue weighted by molar-refractivity contribution is -0.112. The van der Waals surface area contributed by atoms with E-state index in [0.29, 0.717) is 15.7 Å². The van der Waals surface area contributed by atoms with Gasteiger partial charge in [0.05, 0.1) is 10.7 Å². The first-order valence-corrected chi connectivity index (χ1v) is 7.87. The molecule has 1 amide bonds. The highest BCUT2D eigenvalue weighted by Gasteiger charge is 2.11. The first-order chi connectivity index (χ1) is 11.5. The van der Waals surface area contributed by atoms with Crippen LogP contribution < -0.4 is 5.32 Å². The molecule has 0 aliphatic carbocycles. The molecule has 5 heteroatoms. The Labute approximate surface area is 150 Å². The van der Waals surface area contributed by atoms with Gasteiger partial charge < -0.3 is 5.32 Å². The lowest BCUT2D eigenvalue weighted by atomic mass is 10.1. The van der Waals surface area contributed by atoms with Gasteiger partial charge in [-0.05, 0) is 42.3 Å². The van der Waals surface area contributed by atoms with Crippen LogP contribution in [0.1, 0.15) is 12.5 Å². The van der Waals surface area contributed by atoms with E-state index in [9.17, 15) is 10.1 Å². The van der Waals surface area contributed by atoms with Crippen molar-refractivity contribution in [3.8, 4) is 6.07 Å². The number of hydrogen-bond acceptors (Lipinski definition) is 2. The standard InChI is InChI=1S/C19H14Cl2N2O/c1-13(9-14-5-3-2-4-6-14)10-15(12-22)19(24)23-18-11-16(20)7-8-17(18)21/h2-11H,1H3,(H,23,24)/b13-9+,15-10+. The zero-order valence-electron chi connectivity index (χ0n) is 12.9. The number of hydrogen-bond donors (Lipinski definition) is 1. The Hall–Kier alpha value is -2.54. The maximum absolute atomic E-state index is 12.3. The Balaban J connectivity index is 2.21. The summed E-state index contributed by atoms with van der Waals surface area (Å²) in [5.74, 6) is -0.539. The highest BCUT2D eigenvalue weighted by molar-refractivity contribution is 6.36. The molecule has 0 aliphatic heterocycles. The Bertz CT molecular complexity index is 849. The number of amides is 1. The van der Waals surface area contributed by atoms with Crippen molar-refractivity contribution in [2.75, 3.05) is 5.32 Å². The zero-order chi connectivity index (χ0) is 17.5. The number of halogens is 2. The van der Waals surface area contributed by atoms with E-state index in [4.69, 9.17) is 23.2 Å². The van der Waals surface area contributed by atoms with E-state index in [1.165, 1.54) is 12.1 Å². The van der Waals surface area contributed by atoms with Gasteiger partial charge >= 0.3 is 0 Å². The van der Waals surface area contributed by atoms with Crippen LogP contribution in [0.3, 0.4) is 0 Å². The van der Waals surface area contributed by atoms with E-state index in [0.717, 1.165) is 11.1 Å². The molecule has 3 nitrogen and oxygen atoms in total. The Morgan fingerprint density at radius 1 is 1.17 bits per heavy atom. The van der Waals surface area contributed by atoms with Crippen LogP contribution in [0.25, 0.3) is 6.08 Å². The molecule has 24 heavy (non-hydrogen) atoms. The average Bonchev–Trinajstić information content (AvgIpc) is 2.56. The van der Waals surface area contributed by atoms with Gasteiger partial charge in [-0.2, -0.15) is 5.26 Å². The third kappa shape index (κ3) is 4.99. The van der Waals surface area contributed by atoms with Crippen LogP contribution in [-0.2, 0) is 4.79 Å². The van der Waals surface area contributed by atoms with E-state index in [1.54, 1.807) is 12.1 Å². The van der Waals surface area contributed by atoms with Crippen LogP contribution in [0.4, 0.5) is 5.69 Å². The summed E-state index contributed by atoms with van der Waals surface area (Å²) in [4.78, 5) is 12.3. The molecule has 0 radical (unpaired) electrons. The fourth-order valence-corrected chi connectivity index (χ4v) is 2.35. The third-order valence-corrected chi connectivity index (χ3v) is 3.67. The van der Waals surface area contributed by atoms with Crippen molar-refractivity contribution < 1.29 is 4.79 Å². The predicted molar refractivity (Wildman–Crippen MR) is 98.9 cm³/mol. The average molecular weight is 357 g/mol. The van der Waals surface area contributed by atoms with Gasteiger partial charge in [-0.15, -0.1) is 0 Å². The lowest BCUT2D eigenvalue weighted by Gasteiger charge is -2.07. The van der Waals surface area contributed by atoms with Crippen LogP contribution in [0, 0.1) is 11.3 Å². The van der Waals surface area contributed by atoms with E-state index in [2.05, 4.69) is 5.32 Å².